The van der Waals surface area contributed by atoms with Crippen LogP contribution in [0.1, 0.15) is 11.1 Å². The predicted molar refractivity (Wildman–Crippen MR) is 97.2 cm³/mol. The number of amides is 2. The van der Waals surface area contributed by atoms with Crippen LogP contribution < -0.4 is 15.4 Å². The van der Waals surface area contributed by atoms with E-state index in [1.165, 1.54) is 0 Å². The average Bonchev–Trinajstić information content (AvgIpc) is 2.58. The summed E-state index contributed by atoms with van der Waals surface area (Å²) in [7, 11) is 1.61. The molecule has 0 aliphatic carbocycles. The quantitative estimate of drug-likeness (QED) is 0.770. The molecule has 2 aromatic rings. The van der Waals surface area contributed by atoms with Crippen molar-refractivity contribution < 1.29 is 14.3 Å². The first-order chi connectivity index (χ1) is 11.5. The van der Waals surface area contributed by atoms with E-state index in [1.807, 2.05) is 37.3 Å². The van der Waals surface area contributed by atoms with E-state index in [0.717, 1.165) is 21.3 Å². The van der Waals surface area contributed by atoms with Crippen molar-refractivity contribution in [3.8, 4) is 5.75 Å². The van der Waals surface area contributed by atoms with Crippen molar-refractivity contribution in [3.63, 3.8) is 0 Å². The molecule has 0 radical (unpaired) electrons. The van der Waals surface area contributed by atoms with E-state index >= 15 is 0 Å². The number of anilines is 1. The lowest BCUT2D eigenvalue weighted by atomic mass is 10.1. The molecule has 0 spiro atoms. The van der Waals surface area contributed by atoms with Crippen molar-refractivity contribution >= 4 is 33.4 Å². The highest BCUT2D eigenvalue weighted by Crippen LogP contribution is 2.20. The Hall–Kier alpha value is -2.34. The summed E-state index contributed by atoms with van der Waals surface area (Å²) < 4.78 is 5.96. The fourth-order valence-electron chi connectivity index (χ4n) is 2.05. The van der Waals surface area contributed by atoms with E-state index in [4.69, 9.17) is 4.74 Å². The first-order valence-electron chi connectivity index (χ1n) is 7.48. The van der Waals surface area contributed by atoms with Gasteiger partial charge < -0.3 is 15.4 Å². The zero-order valence-corrected chi connectivity index (χ0v) is 15.1. The Morgan fingerprint density at radius 2 is 1.79 bits per heavy atom. The molecule has 0 saturated carbocycles. The molecule has 0 aliphatic rings. The van der Waals surface area contributed by atoms with Crippen LogP contribution in [0.25, 0.3) is 0 Å². The summed E-state index contributed by atoms with van der Waals surface area (Å²) in [6.45, 7) is 2.33. The van der Waals surface area contributed by atoms with Crippen LogP contribution in [0.15, 0.2) is 46.9 Å². The normalized spacial score (nSPS) is 10.1. The van der Waals surface area contributed by atoms with Gasteiger partial charge in [0.25, 0.3) is 0 Å². The summed E-state index contributed by atoms with van der Waals surface area (Å²) in [5.41, 5.74) is 2.68. The number of nitrogens with one attached hydrogen (secondary N) is 2. The lowest BCUT2D eigenvalue weighted by Crippen LogP contribution is -2.36. The molecule has 24 heavy (non-hydrogen) atoms. The van der Waals surface area contributed by atoms with Gasteiger partial charge in [0, 0.05) is 16.7 Å². The number of carbonyl (C=O) groups is 2. The Bertz CT molecular complexity index is 730. The summed E-state index contributed by atoms with van der Waals surface area (Å²) in [6.07, 6.45) is 0.638. The summed E-state index contributed by atoms with van der Waals surface area (Å²) in [5, 5.41) is 5.19. The van der Waals surface area contributed by atoms with Gasteiger partial charge in [-0.15, -0.1) is 0 Å². The Labute approximate surface area is 149 Å². The van der Waals surface area contributed by atoms with E-state index in [2.05, 4.69) is 26.6 Å². The molecule has 2 rings (SSSR count). The standard InChI is InChI=1S/C18H19BrN2O3/c1-12-3-6-14(11-16(12)19)21-18(23)17(22)20-10-9-13-4-7-15(24-2)8-5-13/h3-8,11H,9-10H2,1-2H3,(H,20,22)(H,21,23). The number of halogens is 1. The van der Waals surface area contributed by atoms with Crippen LogP contribution in [-0.2, 0) is 16.0 Å². The van der Waals surface area contributed by atoms with Gasteiger partial charge in [-0.05, 0) is 48.7 Å². The number of rotatable bonds is 5. The first kappa shape index (κ1) is 18.0. The molecular formula is C18H19BrN2O3. The fraction of sp³-hybridized carbons (Fsp3) is 0.222. The summed E-state index contributed by atoms with van der Waals surface area (Å²) in [6, 6.07) is 12.9. The maximum Gasteiger partial charge on any atom is 0.313 e. The Balaban J connectivity index is 1.80. The second-order valence-corrected chi connectivity index (χ2v) is 6.13. The van der Waals surface area contributed by atoms with Crippen LogP contribution in [-0.4, -0.2) is 25.5 Å². The van der Waals surface area contributed by atoms with Crippen molar-refractivity contribution in [3.05, 3.63) is 58.1 Å². The SMILES string of the molecule is COc1ccc(CCNC(=O)C(=O)Nc2ccc(C)c(Br)c2)cc1. The number of methoxy groups -OCH3 is 1. The van der Waals surface area contributed by atoms with Gasteiger partial charge in [0.05, 0.1) is 7.11 Å². The lowest BCUT2D eigenvalue weighted by molar-refractivity contribution is -0.136. The molecule has 0 fully saturated rings. The van der Waals surface area contributed by atoms with Gasteiger partial charge in [-0.1, -0.05) is 34.1 Å². The largest absolute Gasteiger partial charge is 0.497 e. The predicted octanol–water partition coefficient (Wildman–Crippen LogP) is 3.06. The molecule has 0 atom stereocenters. The smallest absolute Gasteiger partial charge is 0.313 e. The number of hydrogen-bond donors (Lipinski definition) is 2. The van der Waals surface area contributed by atoms with Crippen molar-refractivity contribution in [2.45, 2.75) is 13.3 Å². The van der Waals surface area contributed by atoms with Crippen molar-refractivity contribution in [1.29, 1.82) is 0 Å². The van der Waals surface area contributed by atoms with Crippen molar-refractivity contribution in [2.24, 2.45) is 0 Å². The van der Waals surface area contributed by atoms with Gasteiger partial charge in [-0.25, -0.2) is 0 Å². The molecule has 0 saturated heterocycles. The minimum atomic E-state index is -0.680. The first-order valence-corrected chi connectivity index (χ1v) is 8.27. The van der Waals surface area contributed by atoms with Crippen LogP contribution in [0.3, 0.4) is 0 Å². The molecule has 0 heterocycles. The van der Waals surface area contributed by atoms with E-state index in [-0.39, 0.29) is 0 Å². The zero-order chi connectivity index (χ0) is 17.5. The van der Waals surface area contributed by atoms with Gasteiger partial charge in [0.1, 0.15) is 5.75 Å². The molecule has 2 aromatic carbocycles. The minimum Gasteiger partial charge on any atom is -0.497 e. The highest BCUT2D eigenvalue weighted by Gasteiger charge is 2.13. The molecule has 6 heteroatoms. The van der Waals surface area contributed by atoms with E-state index < -0.39 is 11.8 Å². The third-order valence-electron chi connectivity index (χ3n) is 3.49. The summed E-state index contributed by atoms with van der Waals surface area (Å²) >= 11 is 3.39. The molecule has 0 aliphatic heterocycles. The van der Waals surface area contributed by atoms with Crippen LogP contribution >= 0.6 is 15.9 Å². The van der Waals surface area contributed by atoms with E-state index in [0.29, 0.717) is 18.7 Å². The Morgan fingerprint density at radius 1 is 1.08 bits per heavy atom. The topological polar surface area (TPSA) is 67.4 Å². The maximum atomic E-state index is 11.9. The molecule has 0 bridgehead atoms. The molecule has 0 unspecified atom stereocenters. The second-order valence-electron chi connectivity index (χ2n) is 5.27. The molecule has 126 valence electrons. The summed E-state index contributed by atoms with van der Waals surface area (Å²) in [5.74, 6) is -0.549. The second kappa shape index (κ2) is 8.49. The van der Waals surface area contributed by atoms with Crippen LogP contribution in [0, 0.1) is 6.92 Å². The van der Waals surface area contributed by atoms with Crippen LogP contribution in [0.2, 0.25) is 0 Å². The number of ether oxygens (including phenoxy) is 1. The van der Waals surface area contributed by atoms with Crippen LogP contribution in [0.5, 0.6) is 5.75 Å². The fourth-order valence-corrected chi connectivity index (χ4v) is 2.43. The number of hydrogen-bond acceptors (Lipinski definition) is 3. The average molecular weight is 391 g/mol. The summed E-state index contributed by atoms with van der Waals surface area (Å²) in [4.78, 5) is 23.7. The molecule has 0 aromatic heterocycles. The van der Waals surface area contributed by atoms with E-state index in [1.54, 1.807) is 19.2 Å². The number of benzene rings is 2. The highest BCUT2D eigenvalue weighted by atomic mass is 79.9. The third kappa shape index (κ3) is 5.09. The van der Waals surface area contributed by atoms with Gasteiger partial charge in [-0.3, -0.25) is 9.59 Å². The van der Waals surface area contributed by atoms with Crippen LogP contribution in [0.4, 0.5) is 5.69 Å². The third-order valence-corrected chi connectivity index (χ3v) is 4.35. The molecular weight excluding hydrogens is 372 g/mol. The van der Waals surface area contributed by atoms with Crippen molar-refractivity contribution in [2.75, 3.05) is 19.0 Å². The highest BCUT2D eigenvalue weighted by molar-refractivity contribution is 9.10. The van der Waals surface area contributed by atoms with Gasteiger partial charge in [-0.2, -0.15) is 0 Å². The monoisotopic (exact) mass is 390 g/mol. The Kier molecular flexibility index (Phi) is 6.37. The van der Waals surface area contributed by atoms with Gasteiger partial charge >= 0.3 is 11.8 Å². The maximum absolute atomic E-state index is 11.9. The number of carbonyl (C=O) groups excluding carboxylic acids is 2. The zero-order valence-electron chi connectivity index (χ0n) is 13.6. The van der Waals surface area contributed by atoms with Crippen molar-refractivity contribution in [1.82, 2.24) is 5.32 Å². The molecule has 2 N–H and O–H groups in total. The van der Waals surface area contributed by atoms with Gasteiger partial charge in [0.2, 0.25) is 0 Å². The number of aryl methyl sites for hydroxylation is 1. The Morgan fingerprint density at radius 3 is 2.42 bits per heavy atom. The lowest BCUT2D eigenvalue weighted by Gasteiger charge is -2.08. The van der Waals surface area contributed by atoms with Gasteiger partial charge in [0.15, 0.2) is 0 Å². The minimum absolute atomic E-state index is 0.385. The molecule has 2 amide bonds. The van der Waals surface area contributed by atoms with E-state index in [9.17, 15) is 9.59 Å². The molecule has 5 nitrogen and oxygen atoms in total.